The minimum atomic E-state index is -3.04. The van der Waals surface area contributed by atoms with Crippen LogP contribution in [-0.4, -0.2) is 18.1 Å². The number of benzene rings is 1. The Balaban J connectivity index is 2.97. The molecule has 0 aliphatic rings. The standard InChI is InChI=1S/C12H14Cl2F2N2O2/c1-3-12(2,17)10(19)18-6-4-7(13)9(8(14)5-6)20-11(15)16/h4-5,11H,3,17H2,1-2H3,(H,18,19). The van der Waals surface area contributed by atoms with E-state index < -0.39 is 18.1 Å². The third-order valence-electron chi connectivity index (χ3n) is 2.72. The average molecular weight is 327 g/mol. The lowest BCUT2D eigenvalue weighted by Gasteiger charge is -2.22. The molecule has 112 valence electrons. The number of carbonyl (C=O) groups is 1. The van der Waals surface area contributed by atoms with Gasteiger partial charge in [0.05, 0.1) is 15.6 Å². The molecule has 0 aliphatic carbocycles. The van der Waals surface area contributed by atoms with Crippen molar-refractivity contribution in [2.45, 2.75) is 32.4 Å². The van der Waals surface area contributed by atoms with E-state index in [0.29, 0.717) is 6.42 Å². The van der Waals surface area contributed by atoms with Crippen molar-refractivity contribution >= 4 is 34.8 Å². The van der Waals surface area contributed by atoms with Crippen molar-refractivity contribution in [1.29, 1.82) is 0 Å². The lowest BCUT2D eigenvalue weighted by Crippen LogP contribution is -2.47. The molecular formula is C12H14Cl2F2N2O2. The van der Waals surface area contributed by atoms with Crippen LogP contribution in [0.2, 0.25) is 10.0 Å². The van der Waals surface area contributed by atoms with Crippen LogP contribution in [0.25, 0.3) is 0 Å². The van der Waals surface area contributed by atoms with Crippen LogP contribution in [0.3, 0.4) is 0 Å². The summed E-state index contributed by atoms with van der Waals surface area (Å²) in [6, 6.07) is 2.52. The maximum Gasteiger partial charge on any atom is 0.387 e. The van der Waals surface area contributed by atoms with Crippen molar-refractivity contribution in [2.75, 3.05) is 5.32 Å². The van der Waals surface area contributed by atoms with Crippen LogP contribution in [0.15, 0.2) is 12.1 Å². The van der Waals surface area contributed by atoms with E-state index in [9.17, 15) is 13.6 Å². The average Bonchev–Trinajstić information content (AvgIpc) is 2.33. The molecule has 0 fully saturated rings. The topological polar surface area (TPSA) is 64.4 Å². The molecule has 0 heterocycles. The SMILES string of the molecule is CCC(C)(N)C(=O)Nc1cc(Cl)c(OC(F)F)c(Cl)c1. The lowest BCUT2D eigenvalue weighted by atomic mass is 9.99. The highest BCUT2D eigenvalue weighted by Gasteiger charge is 2.26. The van der Waals surface area contributed by atoms with Crippen LogP contribution < -0.4 is 15.8 Å². The number of hydrogen-bond donors (Lipinski definition) is 2. The number of alkyl halides is 2. The summed E-state index contributed by atoms with van der Waals surface area (Å²) < 4.78 is 28.5. The van der Waals surface area contributed by atoms with E-state index in [-0.39, 0.29) is 21.5 Å². The van der Waals surface area contributed by atoms with E-state index in [1.807, 2.05) is 0 Å². The minimum Gasteiger partial charge on any atom is -0.432 e. The van der Waals surface area contributed by atoms with Gasteiger partial charge in [-0.2, -0.15) is 8.78 Å². The fourth-order valence-electron chi connectivity index (χ4n) is 1.27. The highest BCUT2D eigenvalue weighted by molar-refractivity contribution is 6.37. The van der Waals surface area contributed by atoms with Gasteiger partial charge in [-0.05, 0) is 25.5 Å². The number of nitrogens with two attached hydrogens (primary N) is 1. The number of halogens is 4. The third-order valence-corrected chi connectivity index (χ3v) is 3.28. The van der Waals surface area contributed by atoms with Gasteiger partial charge in [0.15, 0.2) is 5.75 Å². The van der Waals surface area contributed by atoms with E-state index in [0.717, 1.165) is 0 Å². The summed E-state index contributed by atoms with van der Waals surface area (Å²) in [5.74, 6) is -0.776. The number of rotatable bonds is 5. The molecule has 3 N–H and O–H groups in total. The van der Waals surface area contributed by atoms with E-state index in [1.54, 1.807) is 13.8 Å². The molecule has 0 saturated heterocycles. The van der Waals surface area contributed by atoms with E-state index >= 15 is 0 Å². The molecule has 4 nitrogen and oxygen atoms in total. The van der Waals surface area contributed by atoms with Crippen LogP contribution in [0.1, 0.15) is 20.3 Å². The van der Waals surface area contributed by atoms with E-state index in [4.69, 9.17) is 28.9 Å². The van der Waals surface area contributed by atoms with Crippen molar-refractivity contribution in [3.63, 3.8) is 0 Å². The van der Waals surface area contributed by atoms with Crippen LogP contribution in [0.5, 0.6) is 5.75 Å². The van der Waals surface area contributed by atoms with Gasteiger partial charge in [-0.15, -0.1) is 0 Å². The summed E-state index contributed by atoms with van der Waals surface area (Å²) in [5.41, 5.74) is 4.97. The van der Waals surface area contributed by atoms with Crippen LogP contribution in [0.4, 0.5) is 14.5 Å². The molecule has 1 amide bonds. The summed E-state index contributed by atoms with van der Waals surface area (Å²) in [7, 11) is 0. The summed E-state index contributed by atoms with van der Waals surface area (Å²) in [4.78, 5) is 11.9. The first-order valence-corrected chi connectivity index (χ1v) is 6.47. The molecule has 1 rings (SSSR count). The molecule has 1 atom stereocenters. The number of anilines is 1. The summed E-state index contributed by atoms with van der Waals surface area (Å²) in [6.45, 7) is 0.289. The molecular weight excluding hydrogens is 313 g/mol. The van der Waals surface area contributed by atoms with Crippen molar-refractivity contribution in [1.82, 2.24) is 0 Å². The van der Waals surface area contributed by atoms with Gasteiger partial charge in [-0.1, -0.05) is 30.1 Å². The largest absolute Gasteiger partial charge is 0.432 e. The van der Waals surface area contributed by atoms with Crippen LogP contribution >= 0.6 is 23.2 Å². The van der Waals surface area contributed by atoms with Gasteiger partial charge >= 0.3 is 6.61 Å². The fraction of sp³-hybridized carbons (Fsp3) is 0.417. The van der Waals surface area contributed by atoms with Gasteiger partial charge < -0.3 is 15.8 Å². The Morgan fingerprint density at radius 3 is 2.35 bits per heavy atom. The maximum atomic E-state index is 12.2. The first kappa shape index (κ1) is 16.9. The molecule has 8 heteroatoms. The Labute approximate surface area is 125 Å². The second kappa shape index (κ2) is 6.56. The molecule has 20 heavy (non-hydrogen) atoms. The molecule has 0 radical (unpaired) electrons. The molecule has 0 aromatic heterocycles. The molecule has 0 aliphatic heterocycles. The molecule has 1 unspecified atom stereocenters. The van der Waals surface area contributed by atoms with Crippen molar-refractivity contribution in [3.05, 3.63) is 22.2 Å². The highest BCUT2D eigenvalue weighted by atomic mass is 35.5. The lowest BCUT2D eigenvalue weighted by molar-refractivity contribution is -0.120. The zero-order chi connectivity index (χ0) is 15.5. The van der Waals surface area contributed by atoms with Crippen molar-refractivity contribution < 1.29 is 18.3 Å². The van der Waals surface area contributed by atoms with E-state index in [2.05, 4.69) is 10.1 Å². The zero-order valence-electron chi connectivity index (χ0n) is 10.8. The van der Waals surface area contributed by atoms with E-state index in [1.165, 1.54) is 12.1 Å². The number of hydrogen-bond acceptors (Lipinski definition) is 3. The molecule has 0 saturated carbocycles. The number of amides is 1. The quantitative estimate of drug-likeness (QED) is 0.867. The monoisotopic (exact) mass is 326 g/mol. The van der Waals surface area contributed by atoms with Crippen molar-refractivity contribution in [3.8, 4) is 5.75 Å². The predicted molar refractivity (Wildman–Crippen MR) is 74.6 cm³/mol. The van der Waals surface area contributed by atoms with Gasteiger partial charge in [0.1, 0.15) is 0 Å². The summed E-state index contributed by atoms with van der Waals surface area (Å²) >= 11 is 11.6. The van der Waals surface area contributed by atoms with Crippen molar-refractivity contribution in [2.24, 2.45) is 5.73 Å². The summed E-state index contributed by atoms with van der Waals surface area (Å²) in [6.07, 6.45) is 0.423. The first-order valence-electron chi connectivity index (χ1n) is 5.71. The Bertz CT molecular complexity index is 487. The first-order chi connectivity index (χ1) is 9.17. The van der Waals surface area contributed by atoms with Gasteiger partial charge in [0.2, 0.25) is 5.91 Å². The molecule has 0 spiro atoms. The Kier molecular flexibility index (Phi) is 5.56. The Hall–Kier alpha value is -1.11. The predicted octanol–water partition coefficient (Wildman–Crippen LogP) is 3.66. The molecule has 0 bridgehead atoms. The fourth-order valence-corrected chi connectivity index (χ4v) is 1.84. The van der Waals surface area contributed by atoms with Gasteiger partial charge in [-0.25, -0.2) is 0 Å². The van der Waals surface area contributed by atoms with Gasteiger partial charge in [0, 0.05) is 5.69 Å². The number of ether oxygens (including phenoxy) is 1. The minimum absolute atomic E-state index is 0.136. The van der Waals surface area contributed by atoms with Gasteiger partial charge in [0.25, 0.3) is 0 Å². The highest BCUT2D eigenvalue weighted by Crippen LogP contribution is 2.37. The second-order valence-electron chi connectivity index (χ2n) is 4.37. The Morgan fingerprint density at radius 2 is 1.95 bits per heavy atom. The molecule has 1 aromatic carbocycles. The second-order valence-corrected chi connectivity index (χ2v) is 5.19. The van der Waals surface area contributed by atoms with Crippen LogP contribution in [0, 0.1) is 0 Å². The maximum absolute atomic E-state index is 12.2. The normalized spacial score (nSPS) is 14.0. The third kappa shape index (κ3) is 4.19. The number of carbonyl (C=O) groups excluding carboxylic acids is 1. The zero-order valence-corrected chi connectivity index (χ0v) is 12.4. The molecule has 1 aromatic rings. The summed E-state index contributed by atoms with van der Waals surface area (Å²) in [5, 5.41) is 2.25. The Morgan fingerprint density at radius 1 is 1.45 bits per heavy atom. The smallest absolute Gasteiger partial charge is 0.387 e. The van der Waals surface area contributed by atoms with Gasteiger partial charge in [-0.3, -0.25) is 4.79 Å². The van der Waals surface area contributed by atoms with Crippen LogP contribution in [-0.2, 0) is 4.79 Å². The number of nitrogens with one attached hydrogen (secondary N) is 1.